The van der Waals surface area contributed by atoms with Crippen LogP contribution in [0.3, 0.4) is 0 Å². The van der Waals surface area contributed by atoms with Gasteiger partial charge in [-0.15, -0.1) is 0 Å². The zero-order valence-corrected chi connectivity index (χ0v) is 16.5. The fraction of sp³-hybridized carbons (Fsp3) is 0.304. The van der Waals surface area contributed by atoms with Crippen LogP contribution in [0, 0.1) is 5.82 Å². The van der Waals surface area contributed by atoms with Gasteiger partial charge < -0.3 is 14.7 Å². The third kappa shape index (κ3) is 4.54. The van der Waals surface area contributed by atoms with E-state index in [1.54, 1.807) is 0 Å². The van der Waals surface area contributed by atoms with Crippen molar-refractivity contribution in [2.24, 2.45) is 0 Å². The van der Waals surface area contributed by atoms with Gasteiger partial charge in [0, 0.05) is 18.7 Å². The lowest BCUT2D eigenvalue weighted by atomic mass is 9.95. The molecule has 1 aliphatic rings. The van der Waals surface area contributed by atoms with Crippen LogP contribution in [0.15, 0.2) is 60.2 Å². The van der Waals surface area contributed by atoms with Crippen molar-refractivity contribution in [3.05, 3.63) is 77.1 Å². The van der Waals surface area contributed by atoms with Crippen LogP contribution in [0.25, 0.3) is 5.76 Å². The van der Waals surface area contributed by atoms with Gasteiger partial charge in [-0.1, -0.05) is 30.3 Å². The minimum Gasteiger partial charge on any atom is -0.507 e. The number of aliphatic hydroxyl groups is 1. The van der Waals surface area contributed by atoms with E-state index in [9.17, 15) is 19.1 Å². The number of Topliss-reactive ketones (excluding diaryl/α,β-unsaturated/α-hetero) is 1. The minimum absolute atomic E-state index is 0.0117. The smallest absolute Gasteiger partial charge is 0.295 e. The average molecular weight is 397 g/mol. The van der Waals surface area contributed by atoms with Crippen LogP contribution in [-0.4, -0.2) is 41.0 Å². The molecule has 1 atom stereocenters. The van der Waals surface area contributed by atoms with Crippen molar-refractivity contribution in [1.82, 2.24) is 4.90 Å². The summed E-state index contributed by atoms with van der Waals surface area (Å²) in [6, 6.07) is 13.6. The highest BCUT2D eigenvalue weighted by Gasteiger charge is 2.45. The molecule has 5 nitrogen and oxygen atoms in total. The van der Waals surface area contributed by atoms with E-state index < -0.39 is 23.5 Å². The van der Waals surface area contributed by atoms with Crippen molar-refractivity contribution in [3.8, 4) is 0 Å². The molecular formula is C23H24FNO4. The van der Waals surface area contributed by atoms with Crippen molar-refractivity contribution in [2.75, 3.05) is 13.2 Å². The molecule has 0 aromatic heterocycles. The molecule has 0 unspecified atom stereocenters. The summed E-state index contributed by atoms with van der Waals surface area (Å²) in [5.41, 5.74) is 1.02. The Morgan fingerprint density at radius 2 is 1.76 bits per heavy atom. The molecule has 1 saturated heterocycles. The lowest BCUT2D eigenvalue weighted by Crippen LogP contribution is -2.31. The number of halogens is 1. The number of nitrogens with zero attached hydrogens (tertiary/aromatic N) is 1. The van der Waals surface area contributed by atoms with Gasteiger partial charge >= 0.3 is 0 Å². The number of ether oxygens (including phenoxy) is 1. The first-order chi connectivity index (χ1) is 13.9. The topological polar surface area (TPSA) is 66.8 Å². The monoisotopic (exact) mass is 397 g/mol. The summed E-state index contributed by atoms with van der Waals surface area (Å²) in [5.74, 6) is -2.16. The summed E-state index contributed by atoms with van der Waals surface area (Å²) in [7, 11) is 0. The van der Waals surface area contributed by atoms with Gasteiger partial charge in [0.2, 0.25) is 0 Å². The minimum atomic E-state index is -0.745. The van der Waals surface area contributed by atoms with Crippen LogP contribution in [0.4, 0.5) is 4.39 Å². The molecular weight excluding hydrogens is 373 g/mol. The Morgan fingerprint density at radius 3 is 2.38 bits per heavy atom. The van der Waals surface area contributed by atoms with Crippen molar-refractivity contribution in [3.63, 3.8) is 0 Å². The molecule has 1 fully saturated rings. The summed E-state index contributed by atoms with van der Waals surface area (Å²) in [5, 5.41) is 10.8. The molecule has 2 aromatic rings. The van der Waals surface area contributed by atoms with Gasteiger partial charge in [-0.05, 0) is 50.1 Å². The van der Waals surface area contributed by atoms with Crippen molar-refractivity contribution < 1.29 is 23.8 Å². The number of hydrogen-bond acceptors (Lipinski definition) is 4. The molecule has 29 heavy (non-hydrogen) atoms. The molecule has 1 N–H and O–H groups in total. The van der Waals surface area contributed by atoms with E-state index in [-0.39, 0.29) is 23.0 Å². The van der Waals surface area contributed by atoms with Gasteiger partial charge in [-0.2, -0.15) is 0 Å². The summed E-state index contributed by atoms with van der Waals surface area (Å²) in [4.78, 5) is 27.0. The second kappa shape index (κ2) is 9.01. The first-order valence-corrected chi connectivity index (χ1v) is 9.61. The highest BCUT2D eigenvalue weighted by Crippen LogP contribution is 2.39. The average Bonchev–Trinajstić information content (AvgIpc) is 2.96. The Morgan fingerprint density at radius 1 is 1.10 bits per heavy atom. The maximum Gasteiger partial charge on any atom is 0.295 e. The van der Waals surface area contributed by atoms with Crippen LogP contribution < -0.4 is 0 Å². The number of carbonyl (C=O) groups excluding carboxylic acids is 2. The SMILES string of the molecule is CC(C)OCCCN1C(=O)C(=O)C(=C(O)c2ccc(F)cc2)[C@H]1c1ccccc1. The predicted molar refractivity (Wildman–Crippen MR) is 108 cm³/mol. The number of hydrogen-bond donors (Lipinski definition) is 1. The molecule has 0 saturated carbocycles. The summed E-state index contributed by atoms with van der Waals surface area (Å²) < 4.78 is 18.8. The molecule has 1 heterocycles. The van der Waals surface area contributed by atoms with E-state index in [0.717, 1.165) is 5.56 Å². The number of ketones is 1. The van der Waals surface area contributed by atoms with Gasteiger partial charge in [0.1, 0.15) is 11.6 Å². The summed E-state index contributed by atoms with van der Waals surface area (Å²) >= 11 is 0. The molecule has 3 rings (SSSR count). The maximum absolute atomic E-state index is 13.3. The van der Waals surface area contributed by atoms with Crippen LogP contribution in [-0.2, 0) is 14.3 Å². The number of aliphatic hydroxyl groups excluding tert-OH is 1. The third-order valence-corrected chi connectivity index (χ3v) is 4.77. The molecule has 6 heteroatoms. The molecule has 0 radical (unpaired) electrons. The molecule has 0 bridgehead atoms. The molecule has 1 amide bonds. The second-order valence-electron chi connectivity index (χ2n) is 7.18. The fourth-order valence-electron chi connectivity index (χ4n) is 3.41. The number of amides is 1. The highest BCUT2D eigenvalue weighted by atomic mass is 19.1. The number of rotatable bonds is 7. The Bertz CT molecular complexity index is 906. The quantitative estimate of drug-likeness (QED) is 0.331. The number of likely N-dealkylation sites (tertiary alicyclic amines) is 1. The molecule has 0 aliphatic carbocycles. The third-order valence-electron chi connectivity index (χ3n) is 4.77. The Labute approximate surface area is 169 Å². The van der Waals surface area contributed by atoms with Crippen molar-refractivity contribution >= 4 is 17.4 Å². The Kier molecular flexibility index (Phi) is 6.44. The van der Waals surface area contributed by atoms with E-state index in [0.29, 0.717) is 19.6 Å². The molecule has 0 spiro atoms. The van der Waals surface area contributed by atoms with Crippen LogP contribution in [0.1, 0.15) is 37.4 Å². The first kappa shape index (κ1) is 20.7. The number of benzene rings is 2. The fourth-order valence-corrected chi connectivity index (χ4v) is 3.41. The van der Waals surface area contributed by atoms with Crippen LogP contribution >= 0.6 is 0 Å². The zero-order chi connectivity index (χ0) is 21.0. The van der Waals surface area contributed by atoms with E-state index in [2.05, 4.69) is 0 Å². The van der Waals surface area contributed by atoms with Crippen molar-refractivity contribution in [1.29, 1.82) is 0 Å². The van der Waals surface area contributed by atoms with Crippen LogP contribution in [0.2, 0.25) is 0 Å². The largest absolute Gasteiger partial charge is 0.507 e. The molecule has 152 valence electrons. The van der Waals surface area contributed by atoms with E-state index in [1.807, 2.05) is 44.2 Å². The van der Waals surface area contributed by atoms with Gasteiger partial charge in [-0.3, -0.25) is 9.59 Å². The standard InChI is InChI=1S/C23H24FNO4/c1-15(2)29-14-6-13-25-20(16-7-4-3-5-8-16)19(22(27)23(25)28)21(26)17-9-11-18(24)12-10-17/h3-5,7-12,15,20,26H,6,13-14H2,1-2H3/t20-/m1/s1. The van der Waals surface area contributed by atoms with Crippen molar-refractivity contribution in [2.45, 2.75) is 32.4 Å². The zero-order valence-electron chi connectivity index (χ0n) is 16.5. The normalized spacial score (nSPS) is 18.6. The Balaban J connectivity index is 1.99. The highest BCUT2D eigenvalue weighted by molar-refractivity contribution is 6.46. The number of carbonyl (C=O) groups is 2. The maximum atomic E-state index is 13.3. The summed E-state index contributed by atoms with van der Waals surface area (Å²) in [6.45, 7) is 4.63. The van der Waals surface area contributed by atoms with Gasteiger partial charge in [-0.25, -0.2) is 4.39 Å². The predicted octanol–water partition coefficient (Wildman–Crippen LogP) is 4.06. The lowest BCUT2D eigenvalue weighted by Gasteiger charge is -2.25. The molecule has 1 aliphatic heterocycles. The Hall–Kier alpha value is -2.99. The first-order valence-electron chi connectivity index (χ1n) is 9.61. The van der Waals surface area contributed by atoms with Gasteiger partial charge in [0.05, 0.1) is 17.7 Å². The van der Waals surface area contributed by atoms with E-state index in [1.165, 1.54) is 29.2 Å². The van der Waals surface area contributed by atoms with Crippen LogP contribution in [0.5, 0.6) is 0 Å². The lowest BCUT2D eigenvalue weighted by molar-refractivity contribution is -0.140. The van der Waals surface area contributed by atoms with Gasteiger partial charge in [0.25, 0.3) is 11.7 Å². The van der Waals surface area contributed by atoms with E-state index in [4.69, 9.17) is 4.74 Å². The van der Waals surface area contributed by atoms with E-state index >= 15 is 0 Å². The molecule has 2 aromatic carbocycles. The van der Waals surface area contributed by atoms with Gasteiger partial charge in [0.15, 0.2) is 0 Å². The second-order valence-corrected chi connectivity index (χ2v) is 7.18. The summed E-state index contributed by atoms with van der Waals surface area (Å²) in [6.07, 6.45) is 0.638.